The predicted molar refractivity (Wildman–Crippen MR) is 141 cm³/mol. The maximum atomic E-state index is 14.2. The molecule has 2 aromatic carbocycles. The summed E-state index contributed by atoms with van der Waals surface area (Å²) in [6, 6.07) is 8.48. The van der Waals surface area contributed by atoms with E-state index >= 15 is 0 Å². The quantitative estimate of drug-likeness (QED) is 0.270. The van der Waals surface area contributed by atoms with Crippen LogP contribution < -0.4 is 11.1 Å². The standard InChI is InChI=1S/C30H22F5N5O3/c31-15-6-13(7-16(32)10-15)8-22(25-17(2-1-5-37-25)14-3-4-21(33)20(9-14)30(36)43)38-23(41)12-40-27(29(34)35)24-18-11-19(18)28(42)26(24)39-40/h1-7,9-10,18-19,22,29H,8,11-12H2,(H2,36,43)(H,38,41). The van der Waals surface area contributed by atoms with Gasteiger partial charge in [-0.05, 0) is 60.2 Å². The van der Waals surface area contributed by atoms with Crippen molar-refractivity contribution < 1.29 is 36.3 Å². The van der Waals surface area contributed by atoms with Gasteiger partial charge >= 0.3 is 0 Å². The number of fused-ring (bicyclic) bond motifs is 3. The third-order valence-corrected chi connectivity index (χ3v) is 7.67. The molecule has 0 aliphatic heterocycles. The molecule has 3 N–H and O–H groups in total. The van der Waals surface area contributed by atoms with Crippen molar-refractivity contribution in [3.8, 4) is 11.1 Å². The number of nitrogens with one attached hydrogen (secondary N) is 1. The number of alkyl halides is 2. The minimum atomic E-state index is -2.98. The Hall–Kier alpha value is -4.94. The largest absolute Gasteiger partial charge is 0.366 e. The van der Waals surface area contributed by atoms with Crippen molar-refractivity contribution in [2.24, 2.45) is 11.7 Å². The number of hydrogen-bond acceptors (Lipinski definition) is 5. The number of hydrogen-bond donors (Lipinski definition) is 2. The number of carbonyl (C=O) groups excluding carboxylic acids is 3. The third-order valence-electron chi connectivity index (χ3n) is 7.67. The molecule has 43 heavy (non-hydrogen) atoms. The molecule has 0 spiro atoms. The average molecular weight is 596 g/mol. The van der Waals surface area contributed by atoms with Gasteiger partial charge in [-0.15, -0.1) is 0 Å². The van der Waals surface area contributed by atoms with E-state index in [9.17, 15) is 36.3 Å². The normalized spacial score (nSPS) is 17.5. The first-order chi connectivity index (χ1) is 20.5. The number of Topliss-reactive ketones (excluding diaryl/α,β-unsaturated/α-hetero) is 1. The lowest BCUT2D eigenvalue weighted by Crippen LogP contribution is -2.34. The van der Waals surface area contributed by atoms with Gasteiger partial charge in [0.25, 0.3) is 12.3 Å². The zero-order valence-electron chi connectivity index (χ0n) is 22.2. The lowest BCUT2D eigenvalue weighted by Gasteiger charge is -2.22. The number of carbonyl (C=O) groups is 3. The van der Waals surface area contributed by atoms with Crippen LogP contribution in [0.3, 0.4) is 0 Å². The minimum Gasteiger partial charge on any atom is -0.366 e. The van der Waals surface area contributed by atoms with Crippen LogP contribution in [0.1, 0.15) is 68.2 Å². The van der Waals surface area contributed by atoms with Crippen LogP contribution in [0.4, 0.5) is 22.0 Å². The molecule has 1 saturated carbocycles. The summed E-state index contributed by atoms with van der Waals surface area (Å²) < 4.78 is 71.3. The monoisotopic (exact) mass is 595 g/mol. The smallest absolute Gasteiger partial charge is 0.280 e. The molecule has 1 fully saturated rings. The molecular formula is C30H22F5N5O3. The van der Waals surface area contributed by atoms with Crippen molar-refractivity contribution in [1.82, 2.24) is 20.1 Å². The van der Waals surface area contributed by atoms with Crippen LogP contribution in [-0.4, -0.2) is 32.4 Å². The summed E-state index contributed by atoms with van der Waals surface area (Å²) in [6.45, 7) is -0.671. The van der Waals surface area contributed by atoms with E-state index < -0.39 is 59.5 Å². The van der Waals surface area contributed by atoms with Crippen LogP contribution in [0.2, 0.25) is 0 Å². The van der Waals surface area contributed by atoms with Gasteiger partial charge < -0.3 is 11.1 Å². The van der Waals surface area contributed by atoms with Crippen LogP contribution >= 0.6 is 0 Å². The summed E-state index contributed by atoms with van der Waals surface area (Å²) in [7, 11) is 0. The number of pyridine rings is 1. The molecule has 2 aliphatic carbocycles. The van der Waals surface area contributed by atoms with Crippen molar-refractivity contribution in [3.05, 3.63) is 106 Å². The predicted octanol–water partition coefficient (Wildman–Crippen LogP) is 4.80. The van der Waals surface area contributed by atoms with Gasteiger partial charge in [0.2, 0.25) is 5.91 Å². The topological polar surface area (TPSA) is 120 Å². The number of benzene rings is 2. The Balaban J connectivity index is 1.37. The molecule has 3 atom stereocenters. The van der Waals surface area contributed by atoms with Crippen LogP contribution in [-0.2, 0) is 17.8 Å². The maximum Gasteiger partial charge on any atom is 0.280 e. The fraction of sp³-hybridized carbons (Fsp3) is 0.233. The van der Waals surface area contributed by atoms with Gasteiger partial charge in [-0.3, -0.25) is 24.0 Å². The number of nitrogens with zero attached hydrogens (tertiary/aromatic N) is 3. The van der Waals surface area contributed by atoms with Crippen molar-refractivity contribution >= 4 is 17.6 Å². The lowest BCUT2D eigenvalue weighted by molar-refractivity contribution is -0.122. The highest BCUT2D eigenvalue weighted by Crippen LogP contribution is 2.58. The average Bonchev–Trinajstić information content (AvgIpc) is 3.57. The highest BCUT2D eigenvalue weighted by molar-refractivity contribution is 6.04. The second-order valence-corrected chi connectivity index (χ2v) is 10.5. The Bertz CT molecular complexity index is 1790. The van der Waals surface area contributed by atoms with Gasteiger partial charge in [-0.1, -0.05) is 12.1 Å². The van der Waals surface area contributed by atoms with E-state index in [2.05, 4.69) is 15.4 Å². The maximum absolute atomic E-state index is 14.2. The van der Waals surface area contributed by atoms with Crippen LogP contribution in [0.15, 0.2) is 54.7 Å². The number of rotatable bonds is 9. The first kappa shape index (κ1) is 28.2. The van der Waals surface area contributed by atoms with Crippen LogP contribution in [0.5, 0.6) is 0 Å². The molecular weight excluding hydrogens is 573 g/mol. The van der Waals surface area contributed by atoms with E-state index in [-0.39, 0.29) is 46.6 Å². The number of aromatic nitrogens is 3. The molecule has 2 aliphatic rings. The van der Waals surface area contributed by atoms with Gasteiger partial charge in [-0.25, -0.2) is 22.0 Å². The Morgan fingerprint density at radius 3 is 2.49 bits per heavy atom. The fourth-order valence-electron chi connectivity index (χ4n) is 5.74. The summed E-state index contributed by atoms with van der Waals surface area (Å²) in [5, 5.41) is 6.72. The molecule has 0 saturated heterocycles. The van der Waals surface area contributed by atoms with Crippen molar-refractivity contribution in [2.45, 2.75) is 37.8 Å². The van der Waals surface area contributed by atoms with E-state index in [1.54, 1.807) is 12.1 Å². The highest BCUT2D eigenvalue weighted by atomic mass is 19.3. The number of primary amides is 1. The molecule has 13 heteroatoms. The Morgan fingerprint density at radius 1 is 1.05 bits per heavy atom. The number of nitrogens with two attached hydrogens (primary N) is 1. The number of amides is 2. The van der Waals surface area contributed by atoms with Crippen molar-refractivity contribution in [2.75, 3.05) is 0 Å². The Labute approximate surface area is 240 Å². The summed E-state index contributed by atoms with van der Waals surface area (Å²) in [4.78, 5) is 41.9. The summed E-state index contributed by atoms with van der Waals surface area (Å²) in [6.07, 6.45) is -1.30. The fourth-order valence-corrected chi connectivity index (χ4v) is 5.74. The molecule has 3 unspecified atom stereocenters. The van der Waals surface area contributed by atoms with Gasteiger partial charge in [-0.2, -0.15) is 5.10 Å². The zero-order chi connectivity index (χ0) is 30.6. The first-order valence-electron chi connectivity index (χ1n) is 13.2. The van der Waals surface area contributed by atoms with Gasteiger partial charge in [0, 0.05) is 29.3 Å². The molecule has 4 aromatic rings. The second kappa shape index (κ2) is 10.7. The van der Waals surface area contributed by atoms with Gasteiger partial charge in [0.15, 0.2) is 5.78 Å². The van der Waals surface area contributed by atoms with Crippen LogP contribution in [0.25, 0.3) is 11.1 Å². The molecule has 220 valence electrons. The van der Waals surface area contributed by atoms with E-state index in [0.717, 1.165) is 22.9 Å². The molecule has 0 bridgehead atoms. The zero-order valence-corrected chi connectivity index (χ0v) is 22.2. The molecule has 2 heterocycles. The summed E-state index contributed by atoms with van der Waals surface area (Å²) in [5.74, 6) is -5.35. The first-order valence-corrected chi connectivity index (χ1v) is 13.2. The Kier molecular flexibility index (Phi) is 7.03. The minimum absolute atomic E-state index is 0.0512. The van der Waals surface area contributed by atoms with E-state index in [4.69, 9.17) is 5.73 Å². The van der Waals surface area contributed by atoms with Crippen molar-refractivity contribution in [3.63, 3.8) is 0 Å². The van der Waals surface area contributed by atoms with Crippen molar-refractivity contribution in [1.29, 1.82) is 0 Å². The van der Waals surface area contributed by atoms with Gasteiger partial charge in [0.1, 0.15) is 35.4 Å². The molecule has 8 nitrogen and oxygen atoms in total. The van der Waals surface area contributed by atoms with E-state index in [1.807, 2.05) is 0 Å². The molecule has 6 rings (SSSR count). The second-order valence-electron chi connectivity index (χ2n) is 10.5. The van der Waals surface area contributed by atoms with E-state index in [0.29, 0.717) is 23.6 Å². The number of halogens is 5. The molecule has 0 radical (unpaired) electrons. The summed E-state index contributed by atoms with van der Waals surface area (Å²) >= 11 is 0. The number of ketones is 1. The third kappa shape index (κ3) is 5.26. The lowest BCUT2D eigenvalue weighted by atomic mass is 9.94. The van der Waals surface area contributed by atoms with Gasteiger partial charge in [0.05, 0.1) is 17.3 Å². The highest BCUT2D eigenvalue weighted by Gasteiger charge is 2.56. The van der Waals surface area contributed by atoms with E-state index in [1.165, 1.54) is 18.3 Å². The SMILES string of the molecule is NC(=O)c1cc(-c2cccnc2C(Cc2cc(F)cc(F)c2)NC(=O)Cn2nc3c(c2C(F)F)C2CC2C3=O)ccc1F. The molecule has 2 amide bonds. The van der Waals surface area contributed by atoms with Crippen LogP contribution in [0, 0.1) is 23.4 Å². The summed E-state index contributed by atoms with van der Waals surface area (Å²) in [5.41, 5.74) is 5.52. The Morgan fingerprint density at radius 2 is 1.79 bits per heavy atom. The molecule has 2 aromatic heterocycles.